The van der Waals surface area contributed by atoms with E-state index in [9.17, 15) is 14.3 Å². The number of benzene rings is 2. The van der Waals surface area contributed by atoms with Crippen LogP contribution in [0, 0.1) is 5.82 Å². The number of nitrogens with zero attached hydrogens (tertiary/aromatic N) is 3. The topological polar surface area (TPSA) is 58.4 Å². The van der Waals surface area contributed by atoms with E-state index in [0.717, 1.165) is 5.56 Å². The fourth-order valence-electron chi connectivity index (χ4n) is 2.76. The summed E-state index contributed by atoms with van der Waals surface area (Å²) in [4.78, 5) is 18.4. The first-order valence-corrected chi connectivity index (χ1v) is 8.38. The Kier molecular flexibility index (Phi) is 5.07. The molecule has 0 unspecified atom stereocenters. The molecule has 6 heteroatoms. The molecule has 1 aromatic heterocycles. The smallest absolute Gasteiger partial charge is 0.278 e. The van der Waals surface area contributed by atoms with Crippen molar-refractivity contribution in [3.63, 3.8) is 0 Å². The monoisotopic (exact) mass is 365 g/mol. The molecule has 3 rings (SSSR count). The molecule has 0 aliphatic carbocycles. The summed E-state index contributed by atoms with van der Waals surface area (Å²) < 4.78 is 16.0. The number of carbonyl (C=O) groups is 1. The normalized spacial score (nSPS) is 10.6. The lowest BCUT2D eigenvalue weighted by Gasteiger charge is -2.22. The van der Waals surface area contributed by atoms with Gasteiger partial charge in [0.25, 0.3) is 5.91 Å². The van der Waals surface area contributed by atoms with E-state index in [-0.39, 0.29) is 24.0 Å². The number of phenolic OH excluding ortho intramolecular Hbond substituents is 1. The molecule has 27 heavy (non-hydrogen) atoms. The number of allylic oxidation sites excluding steroid dienone is 1. The van der Waals surface area contributed by atoms with Crippen molar-refractivity contribution in [3.05, 3.63) is 84.3 Å². The third kappa shape index (κ3) is 4.06. The number of aromatic hydroxyl groups is 1. The van der Waals surface area contributed by atoms with Gasteiger partial charge in [-0.05, 0) is 42.3 Å². The van der Waals surface area contributed by atoms with Gasteiger partial charge >= 0.3 is 0 Å². The molecule has 2 aromatic carbocycles. The third-order valence-electron chi connectivity index (χ3n) is 4.18. The van der Waals surface area contributed by atoms with Crippen LogP contribution in [0.3, 0.4) is 0 Å². The Morgan fingerprint density at radius 3 is 2.56 bits per heavy atom. The highest BCUT2D eigenvalue weighted by molar-refractivity contribution is 5.93. The number of phenols is 1. The van der Waals surface area contributed by atoms with Crippen LogP contribution in [0.2, 0.25) is 0 Å². The van der Waals surface area contributed by atoms with Gasteiger partial charge in [0.15, 0.2) is 0 Å². The number of amides is 1. The molecule has 138 valence electrons. The zero-order valence-corrected chi connectivity index (χ0v) is 15.2. The quantitative estimate of drug-likeness (QED) is 0.740. The van der Waals surface area contributed by atoms with Crippen LogP contribution in [-0.2, 0) is 13.6 Å². The molecule has 0 saturated heterocycles. The van der Waals surface area contributed by atoms with Crippen LogP contribution < -0.4 is 0 Å². The molecular weight excluding hydrogens is 345 g/mol. The first-order valence-electron chi connectivity index (χ1n) is 8.38. The first kappa shape index (κ1) is 18.4. The van der Waals surface area contributed by atoms with E-state index >= 15 is 0 Å². The van der Waals surface area contributed by atoms with Crippen molar-refractivity contribution in [2.24, 2.45) is 7.05 Å². The maximum absolute atomic E-state index is 14.3. The summed E-state index contributed by atoms with van der Waals surface area (Å²) in [5, 5.41) is 9.42. The summed E-state index contributed by atoms with van der Waals surface area (Å²) >= 11 is 0. The largest absolute Gasteiger partial charge is 0.508 e. The molecule has 0 spiro atoms. The Bertz CT molecular complexity index is 993. The minimum absolute atomic E-state index is 0.115. The van der Waals surface area contributed by atoms with Gasteiger partial charge < -0.3 is 14.6 Å². The Morgan fingerprint density at radius 1 is 1.26 bits per heavy atom. The molecule has 0 atom stereocenters. The third-order valence-corrected chi connectivity index (χ3v) is 4.18. The van der Waals surface area contributed by atoms with Crippen molar-refractivity contribution in [2.75, 3.05) is 0 Å². The van der Waals surface area contributed by atoms with E-state index in [0.29, 0.717) is 22.5 Å². The van der Waals surface area contributed by atoms with E-state index in [4.69, 9.17) is 0 Å². The van der Waals surface area contributed by atoms with Crippen LogP contribution in [0.5, 0.6) is 5.75 Å². The van der Waals surface area contributed by atoms with Crippen molar-refractivity contribution < 1.29 is 14.3 Å². The molecule has 0 aliphatic heterocycles. The Morgan fingerprint density at radius 2 is 1.96 bits per heavy atom. The summed E-state index contributed by atoms with van der Waals surface area (Å²) in [5.74, 6) is -0.522. The molecule has 0 fully saturated rings. The van der Waals surface area contributed by atoms with Gasteiger partial charge in [-0.2, -0.15) is 0 Å². The van der Waals surface area contributed by atoms with E-state index in [1.165, 1.54) is 23.1 Å². The average molecular weight is 365 g/mol. The molecule has 3 aromatic rings. The van der Waals surface area contributed by atoms with Crippen molar-refractivity contribution in [2.45, 2.75) is 13.5 Å². The number of aromatic nitrogens is 2. The van der Waals surface area contributed by atoms with Crippen molar-refractivity contribution in [3.8, 4) is 16.9 Å². The number of aryl methyl sites for hydroxylation is 1. The molecular formula is C21H20FN3O2. The maximum Gasteiger partial charge on any atom is 0.278 e. The number of imidazole rings is 1. The van der Waals surface area contributed by atoms with E-state index in [1.54, 1.807) is 55.3 Å². The molecule has 0 radical (unpaired) electrons. The van der Waals surface area contributed by atoms with Crippen LogP contribution in [0.4, 0.5) is 4.39 Å². The van der Waals surface area contributed by atoms with Crippen LogP contribution >= 0.6 is 0 Å². The number of hydrogen-bond donors (Lipinski definition) is 1. The fourth-order valence-corrected chi connectivity index (χ4v) is 2.76. The summed E-state index contributed by atoms with van der Waals surface area (Å²) in [7, 11) is 1.79. The standard InChI is InChI=1S/C21H20FN3O2/c1-14(2)25(21(27)20-12-24(3)13-23-20)11-15-4-9-19(22)18(10-15)16-5-7-17(26)8-6-16/h4-10,12-13,26H,1,11H2,2-3H3. The van der Waals surface area contributed by atoms with E-state index in [1.807, 2.05) is 0 Å². The van der Waals surface area contributed by atoms with E-state index in [2.05, 4.69) is 11.6 Å². The zero-order valence-electron chi connectivity index (χ0n) is 15.2. The Labute approximate surface area is 157 Å². The lowest BCUT2D eigenvalue weighted by molar-refractivity contribution is 0.0792. The number of hydrogen-bond acceptors (Lipinski definition) is 3. The van der Waals surface area contributed by atoms with Gasteiger partial charge in [0, 0.05) is 24.5 Å². The molecule has 1 N–H and O–H groups in total. The molecule has 0 aliphatic rings. The highest BCUT2D eigenvalue weighted by Gasteiger charge is 2.20. The molecule has 0 bridgehead atoms. The lowest BCUT2D eigenvalue weighted by atomic mass is 10.0. The SMILES string of the molecule is C=C(C)N(Cc1ccc(F)c(-c2ccc(O)cc2)c1)C(=O)c1cn(C)cn1. The van der Waals surface area contributed by atoms with Crippen LogP contribution in [-0.4, -0.2) is 25.5 Å². The first-order chi connectivity index (χ1) is 12.8. The van der Waals surface area contributed by atoms with Crippen molar-refractivity contribution >= 4 is 5.91 Å². The summed E-state index contributed by atoms with van der Waals surface area (Å²) in [6.07, 6.45) is 3.20. The minimum atomic E-state index is -0.373. The van der Waals surface area contributed by atoms with Crippen molar-refractivity contribution in [1.82, 2.24) is 14.5 Å². The van der Waals surface area contributed by atoms with Gasteiger partial charge in [0.2, 0.25) is 0 Å². The van der Waals surface area contributed by atoms with Gasteiger partial charge in [0.05, 0.1) is 12.9 Å². The summed E-state index contributed by atoms with van der Waals surface area (Å²) in [6, 6.07) is 11.0. The maximum atomic E-state index is 14.3. The van der Waals surface area contributed by atoms with E-state index < -0.39 is 0 Å². The van der Waals surface area contributed by atoms with Gasteiger partial charge in [-0.15, -0.1) is 0 Å². The second-order valence-electron chi connectivity index (χ2n) is 6.41. The van der Waals surface area contributed by atoms with Crippen molar-refractivity contribution in [1.29, 1.82) is 0 Å². The highest BCUT2D eigenvalue weighted by Crippen LogP contribution is 2.27. The predicted molar refractivity (Wildman–Crippen MR) is 101 cm³/mol. The number of rotatable bonds is 5. The van der Waals surface area contributed by atoms with Gasteiger partial charge in [-0.3, -0.25) is 4.79 Å². The summed E-state index contributed by atoms with van der Waals surface area (Å²) in [6.45, 7) is 5.87. The van der Waals surface area contributed by atoms with Crippen LogP contribution in [0.1, 0.15) is 23.0 Å². The minimum Gasteiger partial charge on any atom is -0.508 e. The lowest BCUT2D eigenvalue weighted by Crippen LogP contribution is -2.28. The number of carbonyl (C=O) groups excluding carboxylic acids is 1. The Balaban J connectivity index is 1.91. The molecule has 1 amide bonds. The second kappa shape index (κ2) is 7.45. The predicted octanol–water partition coefficient (Wildman–Crippen LogP) is 4.11. The number of halogens is 1. The van der Waals surface area contributed by atoms with Gasteiger partial charge in [0.1, 0.15) is 17.3 Å². The van der Waals surface area contributed by atoms with Crippen LogP contribution in [0.15, 0.2) is 67.3 Å². The van der Waals surface area contributed by atoms with Gasteiger partial charge in [-0.25, -0.2) is 9.37 Å². The van der Waals surface area contributed by atoms with Crippen LogP contribution in [0.25, 0.3) is 11.1 Å². The molecule has 5 nitrogen and oxygen atoms in total. The second-order valence-corrected chi connectivity index (χ2v) is 6.41. The molecule has 1 heterocycles. The fraction of sp³-hybridized carbons (Fsp3) is 0.143. The average Bonchev–Trinajstić information content (AvgIpc) is 3.07. The highest BCUT2D eigenvalue weighted by atomic mass is 19.1. The Hall–Kier alpha value is -3.41. The van der Waals surface area contributed by atoms with Gasteiger partial charge in [-0.1, -0.05) is 24.8 Å². The molecule has 0 saturated carbocycles. The zero-order chi connectivity index (χ0) is 19.6. The summed E-state index contributed by atoms with van der Waals surface area (Å²) in [5.41, 5.74) is 2.69.